The van der Waals surface area contributed by atoms with Gasteiger partial charge in [0.2, 0.25) is 5.95 Å². The number of nitrogens with one attached hydrogen (secondary N) is 1. The van der Waals surface area contributed by atoms with Crippen LogP contribution in [-0.4, -0.2) is 27.7 Å². The standard InChI is InChI=1S/C11H16N4OS/c1-3-7-4-8-9(13-5-6(2)16)14-11(12)15-10(8)17-7/h4,6,16H,3,5H2,1-2H3,(H3,12,13,14,15). The lowest BCUT2D eigenvalue weighted by Gasteiger charge is -2.08. The first-order valence-electron chi connectivity index (χ1n) is 5.58. The monoisotopic (exact) mass is 252 g/mol. The van der Waals surface area contributed by atoms with Gasteiger partial charge in [0.1, 0.15) is 10.6 Å². The lowest BCUT2D eigenvalue weighted by Crippen LogP contribution is -2.16. The van der Waals surface area contributed by atoms with Crippen LogP contribution in [0.4, 0.5) is 11.8 Å². The molecule has 0 aliphatic heterocycles. The summed E-state index contributed by atoms with van der Waals surface area (Å²) in [6, 6.07) is 2.07. The number of aromatic nitrogens is 2. The molecule has 2 heterocycles. The van der Waals surface area contributed by atoms with Crippen LogP contribution in [0, 0.1) is 0 Å². The van der Waals surface area contributed by atoms with Crippen molar-refractivity contribution in [3.05, 3.63) is 10.9 Å². The predicted octanol–water partition coefficient (Wildman–Crippen LogP) is 1.63. The summed E-state index contributed by atoms with van der Waals surface area (Å²) >= 11 is 1.63. The zero-order chi connectivity index (χ0) is 12.4. The molecule has 0 saturated carbocycles. The van der Waals surface area contributed by atoms with Gasteiger partial charge >= 0.3 is 0 Å². The number of aryl methyl sites for hydroxylation is 1. The Morgan fingerprint density at radius 3 is 2.94 bits per heavy atom. The number of anilines is 2. The Kier molecular flexibility index (Phi) is 3.44. The second-order valence-electron chi connectivity index (χ2n) is 3.95. The van der Waals surface area contributed by atoms with E-state index in [1.165, 1.54) is 4.88 Å². The van der Waals surface area contributed by atoms with E-state index >= 15 is 0 Å². The van der Waals surface area contributed by atoms with E-state index in [-0.39, 0.29) is 5.95 Å². The molecule has 5 nitrogen and oxygen atoms in total. The summed E-state index contributed by atoms with van der Waals surface area (Å²) in [5, 5.41) is 13.3. The van der Waals surface area contributed by atoms with E-state index in [2.05, 4.69) is 28.3 Å². The van der Waals surface area contributed by atoms with Crippen molar-refractivity contribution in [3.8, 4) is 0 Å². The van der Waals surface area contributed by atoms with Gasteiger partial charge in [-0.3, -0.25) is 0 Å². The minimum absolute atomic E-state index is 0.259. The summed E-state index contributed by atoms with van der Waals surface area (Å²) in [4.78, 5) is 10.5. The van der Waals surface area contributed by atoms with Gasteiger partial charge in [-0.05, 0) is 19.4 Å². The lowest BCUT2D eigenvalue weighted by atomic mass is 10.3. The van der Waals surface area contributed by atoms with E-state index in [0.29, 0.717) is 12.4 Å². The van der Waals surface area contributed by atoms with Gasteiger partial charge in [-0.1, -0.05) is 6.92 Å². The van der Waals surface area contributed by atoms with E-state index < -0.39 is 6.10 Å². The van der Waals surface area contributed by atoms with Crippen LogP contribution in [-0.2, 0) is 6.42 Å². The van der Waals surface area contributed by atoms with E-state index in [0.717, 1.165) is 16.6 Å². The number of aliphatic hydroxyl groups is 1. The maximum absolute atomic E-state index is 9.27. The fourth-order valence-corrected chi connectivity index (χ4v) is 2.52. The van der Waals surface area contributed by atoms with E-state index in [1.807, 2.05) is 0 Å². The zero-order valence-electron chi connectivity index (χ0n) is 9.90. The molecule has 0 saturated heterocycles. The molecule has 0 spiro atoms. The molecule has 0 bridgehead atoms. The second-order valence-corrected chi connectivity index (χ2v) is 5.06. The van der Waals surface area contributed by atoms with Gasteiger partial charge in [-0.25, -0.2) is 4.98 Å². The molecule has 0 aromatic carbocycles. The Morgan fingerprint density at radius 1 is 1.53 bits per heavy atom. The molecule has 0 fully saturated rings. The van der Waals surface area contributed by atoms with Gasteiger partial charge in [0.15, 0.2) is 0 Å². The summed E-state index contributed by atoms with van der Waals surface area (Å²) in [5.41, 5.74) is 5.66. The molecular formula is C11H16N4OS. The number of nitrogens with two attached hydrogens (primary N) is 1. The molecule has 1 unspecified atom stereocenters. The molecule has 2 aromatic heterocycles. The van der Waals surface area contributed by atoms with Crippen LogP contribution in [0.5, 0.6) is 0 Å². The number of aliphatic hydroxyl groups excluding tert-OH is 1. The third kappa shape index (κ3) is 2.65. The normalized spacial score (nSPS) is 12.9. The highest BCUT2D eigenvalue weighted by molar-refractivity contribution is 7.18. The smallest absolute Gasteiger partial charge is 0.223 e. The Bertz CT molecular complexity index is 523. The molecule has 6 heteroatoms. The highest BCUT2D eigenvalue weighted by Gasteiger charge is 2.10. The topological polar surface area (TPSA) is 84.1 Å². The Balaban J connectivity index is 2.41. The molecule has 4 N–H and O–H groups in total. The van der Waals surface area contributed by atoms with Crippen molar-refractivity contribution < 1.29 is 5.11 Å². The predicted molar refractivity (Wildman–Crippen MR) is 71.4 cm³/mol. The number of hydrogen-bond acceptors (Lipinski definition) is 6. The lowest BCUT2D eigenvalue weighted by molar-refractivity contribution is 0.208. The van der Waals surface area contributed by atoms with Crippen molar-refractivity contribution in [2.75, 3.05) is 17.6 Å². The highest BCUT2D eigenvalue weighted by atomic mass is 32.1. The van der Waals surface area contributed by atoms with Crippen LogP contribution in [0.1, 0.15) is 18.7 Å². The number of rotatable bonds is 4. The third-order valence-electron chi connectivity index (χ3n) is 2.37. The second kappa shape index (κ2) is 4.85. The number of hydrogen-bond donors (Lipinski definition) is 3. The van der Waals surface area contributed by atoms with Crippen LogP contribution in [0.2, 0.25) is 0 Å². The van der Waals surface area contributed by atoms with Crippen molar-refractivity contribution in [1.29, 1.82) is 0 Å². The van der Waals surface area contributed by atoms with Crippen LogP contribution < -0.4 is 11.1 Å². The van der Waals surface area contributed by atoms with Crippen molar-refractivity contribution in [2.24, 2.45) is 0 Å². The largest absolute Gasteiger partial charge is 0.392 e. The molecule has 2 rings (SSSR count). The van der Waals surface area contributed by atoms with E-state index in [9.17, 15) is 5.11 Å². The van der Waals surface area contributed by atoms with Gasteiger partial charge in [-0.2, -0.15) is 4.98 Å². The first kappa shape index (κ1) is 12.1. The third-order valence-corrected chi connectivity index (χ3v) is 3.55. The average molecular weight is 252 g/mol. The van der Waals surface area contributed by atoms with Gasteiger partial charge in [0.25, 0.3) is 0 Å². The van der Waals surface area contributed by atoms with Crippen molar-refractivity contribution in [1.82, 2.24) is 9.97 Å². The van der Waals surface area contributed by atoms with Crippen molar-refractivity contribution in [3.63, 3.8) is 0 Å². The number of nitrogens with zero attached hydrogens (tertiary/aromatic N) is 2. The van der Waals surface area contributed by atoms with Crippen LogP contribution in [0.15, 0.2) is 6.07 Å². The van der Waals surface area contributed by atoms with Crippen LogP contribution >= 0.6 is 11.3 Å². The average Bonchev–Trinajstić information content (AvgIpc) is 2.68. The fourth-order valence-electron chi connectivity index (χ4n) is 1.54. The molecule has 2 aromatic rings. The summed E-state index contributed by atoms with van der Waals surface area (Å²) in [6.07, 6.45) is 0.544. The van der Waals surface area contributed by atoms with Gasteiger partial charge < -0.3 is 16.2 Å². The van der Waals surface area contributed by atoms with Crippen LogP contribution in [0.3, 0.4) is 0 Å². The Labute approximate surface area is 104 Å². The van der Waals surface area contributed by atoms with E-state index in [1.54, 1.807) is 18.3 Å². The first-order chi connectivity index (χ1) is 8.10. The maximum atomic E-state index is 9.27. The van der Waals surface area contributed by atoms with Gasteiger partial charge in [-0.15, -0.1) is 11.3 Å². The minimum Gasteiger partial charge on any atom is -0.392 e. The summed E-state index contributed by atoms with van der Waals surface area (Å²) in [7, 11) is 0. The van der Waals surface area contributed by atoms with E-state index in [4.69, 9.17) is 5.73 Å². The SMILES string of the molecule is CCc1cc2c(NCC(C)O)nc(N)nc2s1. The van der Waals surface area contributed by atoms with Crippen molar-refractivity contribution in [2.45, 2.75) is 26.4 Å². The molecule has 0 aliphatic rings. The molecular weight excluding hydrogens is 236 g/mol. The number of fused-ring (bicyclic) bond motifs is 1. The fraction of sp³-hybridized carbons (Fsp3) is 0.455. The summed E-state index contributed by atoms with van der Waals surface area (Å²) in [6.45, 7) is 4.27. The molecule has 0 radical (unpaired) electrons. The highest BCUT2D eigenvalue weighted by Crippen LogP contribution is 2.29. The van der Waals surface area contributed by atoms with Gasteiger partial charge in [0, 0.05) is 11.4 Å². The van der Waals surface area contributed by atoms with Crippen LogP contribution in [0.25, 0.3) is 10.2 Å². The zero-order valence-corrected chi connectivity index (χ0v) is 10.7. The first-order valence-corrected chi connectivity index (χ1v) is 6.39. The molecule has 1 atom stereocenters. The number of thiophene rings is 1. The maximum Gasteiger partial charge on any atom is 0.223 e. The van der Waals surface area contributed by atoms with Crippen molar-refractivity contribution >= 4 is 33.3 Å². The quantitative estimate of drug-likeness (QED) is 0.770. The minimum atomic E-state index is -0.425. The summed E-state index contributed by atoms with van der Waals surface area (Å²) < 4.78 is 0. The Morgan fingerprint density at radius 2 is 2.29 bits per heavy atom. The molecule has 0 amide bonds. The summed E-state index contributed by atoms with van der Waals surface area (Å²) in [5.74, 6) is 0.958. The molecule has 17 heavy (non-hydrogen) atoms. The number of nitrogen functional groups attached to an aromatic ring is 1. The van der Waals surface area contributed by atoms with Gasteiger partial charge in [0.05, 0.1) is 11.5 Å². The molecule has 92 valence electrons. The Hall–Kier alpha value is -1.40. The molecule has 0 aliphatic carbocycles.